The van der Waals surface area contributed by atoms with Crippen LogP contribution in [0.5, 0.6) is 0 Å². The number of phosphoric ester groups is 2. The molecular weight excluding hydrogens is 1480 g/mol. The van der Waals surface area contributed by atoms with Crippen molar-refractivity contribution in [2.45, 2.75) is 399 Å². The summed E-state index contributed by atoms with van der Waals surface area (Å²) in [5.74, 6) is -1.59. The largest absolute Gasteiger partial charge is 0.472 e. The van der Waals surface area contributed by atoms with Crippen LogP contribution in [0.4, 0.5) is 0 Å². The highest BCUT2D eigenvalue weighted by molar-refractivity contribution is 7.47. The molecule has 660 valence electrons. The molecule has 0 aliphatic heterocycles. The summed E-state index contributed by atoms with van der Waals surface area (Å²) in [6, 6.07) is 0. The molecule has 0 aliphatic rings. The Balaban J connectivity index is 4.62. The van der Waals surface area contributed by atoms with Gasteiger partial charge >= 0.3 is 33.6 Å². The highest BCUT2D eigenvalue weighted by Gasteiger charge is 2.29. The number of hydrogen-bond donors (Lipinski definition) is 4. The monoisotopic (exact) mass is 1650 g/mol. The first kappa shape index (κ1) is 110. The Morgan fingerprint density at radius 2 is 0.461 bits per heavy atom. The van der Waals surface area contributed by atoms with Crippen LogP contribution < -0.4 is 0 Å². The molecule has 0 saturated heterocycles. The Bertz CT molecular complexity index is 2720. The molecule has 0 aliphatic carbocycles. The maximum atomic E-state index is 13.1. The van der Waals surface area contributed by atoms with E-state index in [1.165, 1.54) is 154 Å². The van der Waals surface area contributed by atoms with Gasteiger partial charge in [0.05, 0.1) is 26.4 Å². The van der Waals surface area contributed by atoms with E-state index in [4.69, 9.17) is 32.3 Å². The predicted molar refractivity (Wildman–Crippen MR) is 482 cm³/mol. The molecule has 0 radical (unpaired) electrons. The molecule has 16 nitrogen and oxygen atoms in total. The predicted octanol–water partition coefficient (Wildman–Crippen LogP) is 28.1. The average molecular weight is 1650 g/mol. The van der Waals surface area contributed by atoms with Crippen LogP contribution in [-0.4, -0.2) is 95.9 Å². The van der Waals surface area contributed by atoms with E-state index in [0.29, 0.717) is 19.3 Å². The van der Waals surface area contributed by atoms with Crippen LogP contribution >= 0.6 is 15.6 Å². The summed E-state index contributed by atoms with van der Waals surface area (Å²) >= 11 is 0. The number of carbonyl (C=O) groups excluding carboxylic acids is 3. The lowest BCUT2D eigenvalue weighted by atomic mass is 10.0. The van der Waals surface area contributed by atoms with E-state index >= 15 is 0 Å². The lowest BCUT2D eigenvalue weighted by Gasteiger charge is -2.21. The molecule has 4 N–H and O–H groups in total. The Kier molecular flexibility index (Phi) is 84.7. The van der Waals surface area contributed by atoms with Crippen molar-refractivity contribution < 1.29 is 75.8 Å². The Hall–Kier alpha value is -4.83. The standard InChI is InChI=1S/C97H166O16P2/c1-4-7-10-13-16-19-22-25-28-31-34-37-40-42-43-44-45-46-47-49-52-53-56-59-62-65-68-71-74-77-80-83-95(100)107-86-92(98)87-109-114(103,104)110-88-93(99)89-111-115(105,106)112-91-94(113-97(102)85-82-79-76-73-70-67-64-61-58-55-50-39-36-33-30-27-24-21-18-15-12-9-6-3)90-108-96(101)84-81-78-75-72-69-66-63-60-57-54-51-48-41-38-35-32-29-26-23-20-17-14-11-8-5-2/h9,12,16-21,25-30,34-39,42-43,48,51,55,58,92-94,98-99H,4-8,10-11,13-15,22-24,31-33,40-41,44-47,49-50,52-54,56-57,59-91H2,1-3H3,(H,103,104)(H,105,106)/b12-9-,19-16-,20-17-,21-18-,28-25-,29-26-,30-27-,37-34-,38-35-,39-36-,43-42-,51-48-,58-55-. The summed E-state index contributed by atoms with van der Waals surface area (Å²) in [6.45, 7) is 2.54. The van der Waals surface area contributed by atoms with Gasteiger partial charge in [-0.1, -0.05) is 365 Å². The van der Waals surface area contributed by atoms with Crippen molar-refractivity contribution in [3.05, 3.63) is 158 Å². The van der Waals surface area contributed by atoms with Crippen molar-refractivity contribution >= 4 is 33.6 Å². The summed E-state index contributed by atoms with van der Waals surface area (Å²) in [5.41, 5.74) is 0. The van der Waals surface area contributed by atoms with Crippen molar-refractivity contribution in [3.63, 3.8) is 0 Å². The Morgan fingerprint density at radius 1 is 0.252 bits per heavy atom. The van der Waals surface area contributed by atoms with Crippen LogP contribution in [0.15, 0.2) is 158 Å². The molecule has 5 unspecified atom stereocenters. The molecule has 18 heteroatoms. The number of ether oxygens (including phenoxy) is 3. The first-order valence-electron chi connectivity index (χ1n) is 45.8. The summed E-state index contributed by atoms with van der Waals surface area (Å²) in [6.07, 6.45) is 113. The van der Waals surface area contributed by atoms with E-state index in [1.54, 1.807) is 0 Å². The molecule has 0 heterocycles. The highest BCUT2D eigenvalue weighted by Crippen LogP contribution is 2.45. The minimum absolute atomic E-state index is 0.0858. The number of unbranched alkanes of at least 4 members (excludes halogenated alkanes) is 37. The number of hydrogen-bond acceptors (Lipinski definition) is 14. The summed E-state index contributed by atoms with van der Waals surface area (Å²) in [5, 5.41) is 20.7. The zero-order chi connectivity index (χ0) is 83.6. The van der Waals surface area contributed by atoms with Crippen molar-refractivity contribution in [1.82, 2.24) is 0 Å². The number of esters is 3. The summed E-state index contributed by atoms with van der Waals surface area (Å²) in [7, 11) is -9.82. The fourth-order valence-corrected chi connectivity index (χ4v) is 13.9. The quantitative estimate of drug-likeness (QED) is 0.0146. The lowest BCUT2D eigenvalue weighted by molar-refractivity contribution is -0.161. The molecular formula is C97H166O16P2. The number of aliphatic hydroxyl groups is 2. The van der Waals surface area contributed by atoms with Gasteiger partial charge in [0.15, 0.2) is 6.10 Å². The zero-order valence-corrected chi connectivity index (χ0v) is 74.5. The van der Waals surface area contributed by atoms with Gasteiger partial charge in [0.1, 0.15) is 25.4 Å². The molecule has 0 amide bonds. The first-order valence-corrected chi connectivity index (χ1v) is 48.8. The minimum atomic E-state index is -4.95. The molecule has 115 heavy (non-hydrogen) atoms. The van der Waals surface area contributed by atoms with Crippen LogP contribution in [0.2, 0.25) is 0 Å². The molecule has 0 aromatic heterocycles. The lowest BCUT2D eigenvalue weighted by Crippen LogP contribution is -2.30. The fraction of sp³-hybridized carbons (Fsp3) is 0.701. The van der Waals surface area contributed by atoms with Crippen molar-refractivity contribution in [1.29, 1.82) is 0 Å². The van der Waals surface area contributed by atoms with Crippen molar-refractivity contribution in [2.75, 3.05) is 39.6 Å². The SMILES string of the molecule is CC/C=C\C/C=C\C/C=C\C/C=C\C/C=C\CCCCCCCCCC(=O)OC(COC(=O)CCCCCCCCCCC/C=C\C/C=C\C/C=C\C/C=C\CCCCC)COP(=O)(O)OCC(O)COP(=O)(O)OCC(O)COC(=O)CCCCCCCCCCCCCCCCC/C=C\C/C=C\C/C=C\C/C=C\CCCCC. The van der Waals surface area contributed by atoms with Crippen molar-refractivity contribution in [2.24, 2.45) is 0 Å². The minimum Gasteiger partial charge on any atom is -0.463 e. The van der Waals surface area contributed by atoms with Crippen LogP contribution in [0.1, 0.15) is 380 Å². The molecule has 0 saturated carbocycles. The molecule has 0 rings (SSSR count). The Labute approximate surface area is 701 Å². The molecule has 0 aromatic rings. The highest BCUT2D eigenvalue weighted by atomic mass is 31.2. The van der Waals surface area contributed by atoms with Gasteiger partial charge in [0.25, 0.3) is 0 Å². The van der Waals surface area contributed by atoms with Crippen LogP contribution in [0.25, 0.3) is 0 Å². The maximum Gasteiger partial charge on any atom is 0.472 e. The first-order chi connectivity index (χ1) is 56.2. The average Bonchev–Trinajstić information content (AvgIpc) is 0.889. The molecule has 0 aromatic carbocycles. The van der Waals surface area contributed by atoms with Gasteiger partial charge in [-0.2, -0.15) is 0 Å². The number of phosphoric acid groups is 2. The second-order valence-corrected chi connectivity index (χ2v) is 33.3. The van der Waals surface area contributed by atoms with Crippen LogP contribution in [-0.2, 0) is 55.8 Å². The van der Waals surface area contributed by atoms with Crippen molar-refractivity contribution in [3.8, 4) is 0 Å². The third-order valence-corrected chi connectivity index (χ3v) is 21.1. The zero-order valence-electron chi connectivity index (χ0n) is 72.7. The van der Waals surface area contributed by atoms with Gasteiger partial charge in [-0.15, -0.1) is 0 Å². The maximum absolute atomic E-state index is 13.1. The topological polar surface area (TPSA) is 231 Å². The molecule has 0 fully saturated rings. The second-order valence-electron chi connectivity index (χ2n) is 30.4. The third-order valence-electron chi connectivity index (χ3n) is 19.2. The van der Waals surface area contributed by atoms with Gasteiger partial charge in [0, 0.05) is 19.3 Å². The smallest absolute Gasteiger partial charge is 0.463 e. The van der Waals surface area contributed by atoms with E-state index in [1.807, 2.05) is 0 Å². The molecule has 0 spiro atoms. The summed E-state index contributed by atoms with van der Waals surface area (Å²) < 4.78 is 61.5. The number of allylic oxidation sites excluding steroid dienone is 26. The van der Waals surface area contributed by atoms with Gasteiger partial charge in [-0.05, 0) is 154 Å². The van der Waals surface area contributed by atoms with Gasteiger partial charge < -0.3 is 34.2 Å². The van der Waals surface area contributed by atoms with Crippen LogP contribution in [0.3, 0.4) is 0 Å². The van der Waals surface area contributed by atoms with E-state index < -0.39 is 91.5 Å². The number of carbonyl (C=O) groups is 3. The van der Waals surface area contributed by atoms with E-state index in [0.717, 1.165) is 167 Å². The van der Waals surface area contributed by atoms with Gasteiger partial charge in [-0.25, -0.2) is 9.13 Å². The second kappa shape index (κ2) is 88.5. The van der Waals surface area contributed by atoms with Gasteiger partial charge in [0.2, 0.25) is 0 Å². The third kappa shape index (κ3) is 89.8. The van der Waals surface area contributed by atoms with E-state index in [9.17, 15) is 43.5 Å². The summed E-state index contributed by atoms with van der Waals surface area (Å²) in [4.78, 5) is 59.0. The van der Waals surface area contributed by atoms with E-state index in [-0.39, 0.29) is 19.3 Å². The number of aliphatic hydroxyl groups excluding tert-OH is 2. The fourth-order valence-electron chi connectivity index (χ4n) is 12.3. The van der Waals surface area contributed by atoms with Crippen LogP contribution in [0, 0.1) is 0 Å². The van der Waals surface area contributed by atoms with E-state index in [2.05, 4.69) is 179 Å². The molecule has 5 atom stereocenters. The van der Waals surface area contributed by atoms with Gasteiger partial charge in [-0.3, -0.25) is 32.5 Å². The molecule has 0 bridgehead atoms. The number of rotatable bonds is 86. The Morgan fingerprint density at radius 3 is 0.730 bits per heavy atom. The normalized spacial score (nSPS) is 14.5.